The number of nitrogens with one attached hydrogen (secondary N) is 1. The van der Waals surface area contributed by atoms with E-state index in [1.165, 1.54) is 16.7 Å². The summed E-state index contributed by atoms with van der Waals surface area (Å²) in [6, 6.07) is 17.9. The van der Waals surface area contributed by atoms with Crippen LogP contribution in [0.3, 0.4) is 0 Å². The summed E-state index contributed by atoms with van der Waals surface area (Å²) in [7, 11) is 0. The van der Waals surface area contributed by atoms with Crippen molar-refractivity contribution in [3.8, 4) is 11.4 Å². The van der Waals surface area contributed by atoms with Crippen LogP contribution in [0.2, 0.25) is 5.02 Å². The summed E-state index contributed by atoms with van der Waals surface area (Å²) in [5, 5.41) is 3.54. The Bertz CT molecular complexity index is 1390. The van der Waals surface area contributed by atoms with E-state index in [1.807, 2.05) is 13.0 Å². The van der Waals surface area contributed by atoms with Gasteiger partial charge in [0.1, 0.15) is 11.6 Å². The molecule has 0 atom stereocenters. The minimum absolute atomic E-state index is 0.0463. The van der Waals surface area contributed by atoms with Crippen LogP contribution in [0.1, 0.15) is 6.92 Å². The molecule has 6 nitrogen and oxygen atoms in total. The number of aromatic nitrogens is 2. The molecule has 1 heterocycles. The molecular weight excluding hydrogens is 465 g/mol. The fraction of sp³-hybridized carbons (Fsp3) is 0.125. The maximum atomic E-state index is 13.4. The predicted octanol–water partition coefficient (Wildman–Crippen LogP) is 5.31. The summed E-state index contributed by atoms with van der Waals surface area (Å²) in [6.45, 7) is 2.29. The standard InChI is InChI=1S/C24H19ClFN3O3S/c1-2-32-21-10-6-5-9-20(21)29-23(31)16-7-3-4-8-18(16)28-24(29)33-14-22(30)27-19-12-11-15(26)13-17(19)25/h3-13H,2,14H2,1H3,(H,27,30). The third-order valence-electron chi connectivity index (χ3n) is 4.69. The zero-order chi connectivity index (χ0) is 23.4. The molecule has 1 N–H and O–H groups in total. The lowest BCUT2D eigenvalue weighted by Gasteiger charge is -2.16. The predicted molar refractivity (Wildman–Crippen MR) is 129 cm³/mol. The molecule has 3 aromatic carbocycles. The lowest BCUT2D eigenvalue weighted by molar-refractivity contribution is -0.113. The van der Waals surface area contributed by atoms with Crippen LogP contribution in [0.5, 0.6) is 5.75 Å². The normalized spacial score (nSPS) is 10.9. The Hall–Kier alpha value is -3.36. The van der Waals surface area contributed by atoms with E-state index in [4.69, 9.17) is 16.3 Å². The molecule has 4 aromatic rings. The molecule has 0 bridgehead atoms. The van der Waals surface area contributed by atoms with E-state index in [0.29, 0.717) is 39.8 Å². The summed E-state index contributed by atoms with van der Waals surface area (Å²) in [5.41, 5.74) is 1.09. The number of hydrogen-bond acceptors (Lipinski definition) is 5. The minimum Gasteiger partial charge on any atom is -0.492 e. The number of amides is 1. The SMILES string of the molecule is CCOc1ccccc1-n1c(SCC(=O)Nc2ccc(F)cc2Cl)nc2ccccc2c1=O. The molecular formula is C24H19ClFN3O3S. The number of nitrogens with zero attached hydrogens (tertiary/aromatic N) is 2. The average molecular weight is 484 g/mol. The van der Waals surface area contributed by atoms with Crippen LogP contribution in [-0.2, 0) is 4.79 Å². The van der Waals surface area contributed by atoms with Crippen molar-refractivity contribution in [1.29, 1.82) is 0 Å². The lowest BCUT2D eigenvalue weighted by atomic mass is 10.2. The summed E-state index contributed by atoms with van der Waals surface area (Å²) in [4.78, 5) is 30.6. The Morgan fingerprint density at radius 1 is 1.15 bits per heavy atom. The fourth-order valence-electron chi connectivity index (χ4n) is 3.25. The van der Waals surface area contributed by atoms with Crippen LogP contribution in [-0.4, -0.2) is 27.8 Å². The van der Waals surface area contributed by atoms with Crippen LogP contribution in [0.25, 0.3) is 16.6 Å². The molecule has 0 saturated heterocycles. The highest BCUT2D eigenvalue weighted by Gasteiger charge is 2.18. The van der Waals surface area contributed by atoms with E-state index in [9.17, 15) is 14.0 Å². The van der Waals surface area contributed by atoms with Crippen LogP contribution in [0, 0.1) is 5.82 Å². The fourth-order valence-corrected chi connectivity index (χ4v) is 4.27. The monoisotopic (exact) mass is 483 g/mol. The molecule has 0 radical (unpaired) electrons. The van der Waals surface area contributed by atoms with E-state index < -0.39 is 5.82 Å². The molecule has 168 valence electrons. The molecule has 1 aromatic heterocycles. The van der Waals surface area contributed by atoms with Crippen molar-refractivity contribution < 1.29 is 13.9 Å². The van der Waals surface area contributed by atoms with Crippen LogP contribution < -0.4 is 15.6 Å². The number of anilines is 1. The molecule has 9 heteroatoms. The van der Waals surface area contributed by atoms with Gasteiger partial charge in [0.25, 0.3) is 5.56 Å². The number of rotatable bonds is 7. The molecule has 33 heavy (non-hydrogen) atoms. The first-order valence-electron chi connectivity index (χ1n) is 10.1. The Morgan fingerprint density at radius 3 is 2.70 bits per heavy atom. The Kier molecular flexibility index (Phi) is 6.96. The first kappa shape index (κ1) is 22.8. The summed E-state index contributed by atoms with van der Waals surface area (Å²) < 4.78 is 20.4. The Morgan fingerprint density at radius 2 is 1.91 bits per heavy atom. The number of hydrogen-bond donors (Lipinski definition) is 1. The highest BCUT2D eigenvalue weighted by Crippen LogP contribution is 2.28. The zero-order valence-electron chi connectivity index (χ0n) is 17.5. The number of para-hydroxylation sites is 3. The Balaban J connectivity index is 1.70. The van der Waals surface area contributed by atoms with Gasteiger partial charge in [0.15, 0.2) is 5.16 Å². The van der Waals surface area contributed by atoms with Gasteiger partial charge in [-0.1, -0.05) is 47.6 Å². The zero-order valence-corrected chi connectivity index (χ0v) is 19.1. The molecule has 0 spiro atoms. The van der Waals surface area contributed by atoms with Gasteiger partial charge in [-0.25, -0.2) is 9.37 Å². The molecule has 0 aliphatic rings. The number of fused-ring (bicyclic) bond motifs is 1. The largest absolute Gasteiger partial charge is 0.492 e. The van der Waals surface area contributed by atoms with Gasteiger partial charge in [0.05, 0.1) is 39.7 Å². The second-order valence-electron chi connectivity index (χ2n) is 6.91. The number of halogens is 2. The van der Waals surface area contributed by atoms with Crippen molar-refractivity contribution >= 4 is 45.9 Å². The van der Waals surface area contributed by atoms with Gasteiger partial charge >= 0.3 is 0 Å². The van der Waals surface area contributed by atoms with E-state index >= 15 is 0 Å². The summed E-state index contributed by atoms with van der Waals surface area (Å²) in [5.74, 6) is -0.385. The van der Waals surface area contributed by atoms with E-state index in [2.05, 4.69) is 10.3 Å². The maximum Gasteiger partial charge on any atom is 0.266 e. The number of benzene rings is 3. The molecule has 4 rings (SSSR count). The van der Waals surface area contributed by atoms with Crippen molar-refractivity contribution in [2.24, 2.45) is 0 Å². The third kappa shape index (κ3) is 5.02. The first-order valence-corrected chi connectivity index (χ1v) is 11.5. The molecule has 0 saturated carbocycles. The quantitative estimate of drug-likeness (QED) is 0.285. The Labute approximate surface area is 198 Å². The van der Waals surface area contributed by atoms with Crippen molar-refractivity contribution in [1.82, 2.24) is 9.55 Å². The van der Waals surface area contributed by atoms with Crippen molar-refractivity contribution in [2.75, 3.05) is 17.7 Å². The van der Waals surface area contributed by atoms with E-state index in [1.54, 1.807) is 42.5 Å². The lowest BCUT2D eigenvalue weighted by Crippen LogP contribution is -2.23. The van der Waals surface area contributed by atoms with Crippen molar-refractivity contribution in [3.05, 3.63) is 87.9 Å². The van der Waals surface area contributed by atoms with Gasteiger partial charge in [0, 0.05) is 0 Å². The van der Waals surface area contributed by atoms with Gasteiger partial charge < -0.3 is 10.1 Å². The topological polar surface area (TPSA) is 73.2 Å². The molecule has 1 amide bonds. The van der Waals surface area contributed by atoms with Crippen molar-refractivity contribution in [2.45, 2.75) is 12.1 Å². The van der Waals surface area contributed by atoms with E-state index in [-0.39, 0.29) is 22.2 Å². The van der Waals surface area contributed by atoms with Crippen molar-refractivity contribution in [3.63, 3.8) is 0 Å². The number of carbonyl (C=O) groups excluding carboxylic acids is 1. The highest BCUT2D eigenvalue weighted by atomic mass is 35.5. The average Bonchev–Trinajstić information content (AvgIpc) is 2.81. The summed E-state index contributed by atoms with van der Waals surface area (Å²) in [6.07, 6.45) is 0. The molecule has 0 aliphatic heterocycles. The molecule has 0 aliphatic carbocycles. The first-order chi connectivity index (χ1) is 16.0. The minimum atomic E-state index is -0.496. The van der Waals surface area contributed by atoms with Gasteiger partial charge in [-0.3, -0.25) is 14.2 Å². The molecule has 0 unspecified atom stereocenters. The second-order valence-corrected chi connectivity index (χ2v) is 8.26. The van der Waals surface area contributed by atoms with Gasteiger partial charge in [-0.15, -0.1) is 0 Å². The number of ether oxygens (including phenoxy) is 1. The van der Waals surface area contributed by atoms with Crippen LogP contribution >= 0.6 is 23.4 Å². The second kappa shape index (κ2) is 10.1. The van der Waals surface area contributed by atoms with Crippen LogP contribution in [0.4, 0.5) is 10.1 Å². The van der Waals surface area contributed by atoms with Gasteiger partial charge in [-0.05, 0) is 49.4 Å². The van der Waals surface area contributed by atoms with Crippen LogP contribution in [0.15, 0.2) is 76.7 Å². The molecule has 0 fully saturated rings. The van der Waals surface area contributed by atoms with E-state index in [0.717, 1.165) is 17.8 Å². The third-order valence-corrected chi connectivity index (χ3v) is 5.94. The smallest absolute Gasteiger partial charge is 0.266 e. The number of thioether (sulfide) groups is 1. The number of carbonyl (C=O) groups is 1. The highest BCUT2D eigenvalue weighted by molar-refractivity contribution is 7.99. The van der Waals surface area contributed by atoms with Gasteiger partial charge in [0.2, 0.25) is 5.91 Å². The van der Waals surface area contributed by atoms with Gasteiger partial charge in [-0.2, -0.15) is 0 Å². The maximum absolute atomic E-state index is 13.4. The summed E-state index contributed by atoms with van der Waals surface area (Å²) >= 11 is 7.10.